The predicted molar refractivity (Wildman–Crippen MR) is 46.6 cm³/mol. The van der Waals surface area contributed by atoms with Crippen molar-refractivity contribution in [3.05, 3.63) is 0 Å². The van der Waals surface area contributed by atoms with Gasteiger partial charge in [0.15, 0.2) is 0 Å². The predicted octanol–water partition coefficient (Wildman–Crippen LogP) is 0.969. The molecule has 13 heavy (non-hydrogen) atoms. The molecule has 0 aromatic heterocycles. The average Bonchev–Trinajstić information content (AvgIpc) is 2.74. The number of epoxide rings is 1. The van der Waals surface area contributed by atoms with E-state index in [1.54, 1.807) is 0 Å². The van der Waals surface area contributed by atoms with E-state index in [0.29, 0.717) is 24.2 Å². The monoisotopic (exact) mass is 184 g/mol. The second-order valence-corrected chi connectivity index (χ2v) is 4.36. The summed E-state index contributed by atoms with van der Waals surface area (Å²) >= 11 is 0. The Labute approximate surface area is 78.3 Å². The fourth-order valence-corrected chi connectivity index (χ4v) is 2.43. The third-order valence-corrected chi connectivity index (χ3v) is 3.27. The second-order valence-electron chi connectivity index (χ2n) is 4.36. The SMILES string of the molecule is C(OCC1CC2CCC1O2)C1CO1. The van der Waals surface area contributed by atoms with Gasteiger partial charge in [0.25, 0.3) is 0 Å². The first-order chi connectivity index (χ1) is 6.42. The summed E-state index contributed by atoms with van der Waals surface area (Å²) in [6, 6.07) is 0. The maximum Gasteiger partial charge on any atom is 0.104 e. The molecule has 0 aromatic carbocycles. The van der Waals surface area contributed by atoms with Crippen LogP contribution in [-0.4, -0.2) is 38.1 Å². The van der Waals surface area contributed by atoms with Gasteiger partial charge >= 0.3 is 0 Å². The summed E-state index contributed by atoms with van der Waals surface area (Å²) < 4.78 is 16.4. The van der Waals surface area contributed by atoms with Crippen molar-refractivity contribution in [1.82, 2.24) is 0 Å². The molecule has 0 saturated carbocycles. The molecule has 0 spiro atoms. The summed E-state index contributed by atoms with van der Waals surface area (Å²) in [5, 5.41) is 0. The lowest BCUT2D eigenvalue weighted by Gasteiger charge is -2.17. The molecule has 3 saturated heterocycles. The summed E-state index contributed by atoms with van der Waals surface area (Å²) in [7, 11) is 0. The number of fused-ring (bicyclic) bond motifs is 2. The normalized spacial score (nSPS) is 47.1. The summed E-state index contributed by atoms with van der Waals surface area (Å²) in [6.07, 6.45) is 5.20. The molecule has 3 aliphatic heterocycles. The van der Waals surface area contributed by atoms with Crippen molar-refractivity contribution in [2.24, 2.45) is 5.92 Å². The first-order valence-corrected chi connectivity index (χ1v) is 5.26. The van der Waals surface area contributed by atoms with Gasteiger partial charge in [-0.25, -0.2) is 0 Å². The van der Waals surface area contributed by atoms with Gasteiger partial charge in [-0.05, 0) is 19.3 Å². The average molecular weight is 184 g/mol. The molecular formula is C10H16O3. The van der Waals surface area contributed by atoms with E-state index in [-0.39, 0.29) is 0 Å². The van der Waals surface area contributed by atoms with Gasteiger partial charge in [-0.3, -0.25) is 0 Å². The quantitative estimate of drug-likeness (QED) is 0.610. The largest absolute Gasteiger partial charge is 0.378 e. The molecule has 0 radical (unpaired) electrons. The number of ether oxygens (including phenoxy) is 3. The summed E-state index contributed by atoms with van der Waals surface area (Å²) in [5.74, 6) is 0.664. The highest BCUT2D eigenvalue weighted by molar-refractivity contribution is 4.89. The van der Waals surface area contributed by atoms with E-state index in [2.05, 4.69) is 0 Å². The van der Waals surface area contributed by atoms with Crippen LogP contribution in [-0.2, 0) is 14.2 Å². The minimum Gasteiger partial charge on any atom is -0.378 e. The molecule has 3 aliphatic rings. The van der Waals surface area contributed by atoms with E-state index in [4.69, 9.17) is 14.2 Å². The molecule has 4 unspecified atom stereocenters. The van der Waals surface area contributed by atoms with Crippen molar-refractivity contribution in [3.63, 3.8) is 0 Å². The first kappa shape index (κ1) is 8.21. The number of rotatable bonds is 4. The Hall–Kier alpha value is -0.120. The molecule has 2 bridgehead atoms. The van der Waals surface area contributed by atoms with Crippen LogP contribution in [0.25, 0.3) is 0 Å². The molecule has 4 atom stereocenters. The maximum atomic E-state index is 5.75. The highest BCUT2D eigenvalue weighted by atomic mass is 16.6. The standard InChI is InChI=1S/C10H16O3/c1-2-10-7(3-8(1)13-10)4-11-5-9-6-12-9/h7-10H,1-6H2. The molecule has 3 fully saturated rings. The van der Waals surface area contributed by atoms with Gasteiger partial charge in [0, 0.05) is 5.92 Å². The Morgan fingerprint density at radius 3 is 2.77 bits per heavy atom. The molecule has 3 heteroatoms. The molecule has 3 rings (SSSR count). The Balaban J connectivity index is 1.40. The van der Waals surface area contributed by atoms with E-state index >= 15 is 0 Å². The van der Waals surface area contributed by atoms with Crippen LogP contribution < -0.4 is 0 Å². The van der Waals surface area contributed by atoms with Crippen LogP contribution >= 0.6 is 0 Å². The Morgan fingerprint density at radius 1 is 1.23 bits per heavy atom. The Bertz CT molecular complexity index is 191. The first-order valence-electron chi connectivity index (χ1n) is 5.26. The lowest BCUT2D eigenvalue weighted by molar-refractivity contribution is 0.0460. The molecule has 0 aromatic rings. The van der Waals surface area contributed by atoms with Crippen LogP contribution in [0, 0.1) is 5.92 Å². The smallest absolute Gasteiger partial charge is 0.104 e. The summed E-state index contributed by atoms with van der Waals surface area (Å²) in [4.78, 5) is 0. The third kappa shape index (κ3) is 1.73. The highest BCUT2D eigenvalue weighted by Crippen LogP contribution is 2.38. The zero-order valence-electron chi connectivity index (χ0n) is 7.78. The van der Waals surface area contributed by atoms with Gasteiger partial charge in [0.1, 0.15) is 6.10 Å². The Morgan fingerprint density at radius 2 is 2.15 bits per heavy atom. The maximum absolute atomic E-state index is 5.75. The van der Waals surface area contributed by atoms with Crippen molar-refractivity contribution in [3.8, 4) is 0 Å². The van der Waals surface area contributed by atoms with E-state index in [1.807, 2.05) is 0 Å². The van der Waals surface area contributed by atoms with Gasteiger partial charge in [-0.1, -0.05) is 0 Å². The van der Waals surface area contributed by atoms with Crippen LogP contribution in [0.1, 0.15) is 19.3 Å². The minimum absolute atomic E-state index is 0.402. The van der Waals surface area contributed by atoms with Gasteiger partial charge in [0.2, 0.25) is 0 Å². The van der Waals surface area contributed by atoms with Crippen molar-refractivity contribution in [2.45, 2.75) is 37.6 Å². The molecular weight excluding hydrogens is 168 g/mol. The molecule has 0 aliphatic carbocycles. The fraction of sp³-hybridized carbons (Fsp3) is 1.00. The molecule has 0 amide bonds. The summed E-state index contributed by atoms with van der Waals surface area (Å²) in [5.41, 5.74) is 0. The second kappa shape index (κ2) is 3.23. The van der Waals surface area contributed by atoms with Crippen LogP contribution in [0.3, 0.4) is 0 Å². The van der Waals surface area contributed by atoms with Gasteiger partial charge in [-0.2, -0.15) is 0 Å². The lowest BCUT2D eigenvalue weighted by atomic mass is 9.90. The molecule has 74 valence electrons. The zero-order valence-corrected chi connectivity index (χ0v) is 7.78. The number of hydrogen-bond acceptors (Lipinski definition) is 3. The molecule has 3 heterocycles. The van der Waals surface area contributed by atoms with Gasteiger partial charge < -0.3 is 14.2 Å². The summed E-state index contributed by atoms with van der Waals surface area (Å²) in [6.45, 7) is 2.56. The van der Waals surface area contributed by atoms with E-state index in [0.717, 1.165) is 19.8 Å². The van der Waals surface area contributed by atoms with Crippen LogP contribution in [0.2, 0.25) is 0 Å². The van der Waals surface area contributed by atoms with E-state index in [1.165, 1.54) is 19.3 Å². The Kier molecular flexibility index (Phi) is 2.04. The fourth-order valence-electron chi connectivity index (χ4n) is 2.43. The van der Waals surface area contributed by atoms with Crippen molar-refractivity contribution >= 4 is 0 Å². The van der Waals surface area contributed by atoms with E-state index < -0.39 is 0 Å². The van der Waals surface area contributed by atoms with E-state index in [9.17, 15) is 0 Å². The van der Waals surface area contributed by atoms with Crippen LogP contribution in [0.15, 0.2) is 0 Å². The number of hydrogen-bond donors (Lipinski definition) is 0. The van der Waals surface area contributed by atoms with Crippen molar-refractivity contribution in [1.29, 1.82) is 0 Å². The van der Waals surface area contributed by atoms with Gasteiger partial charge in [-0.15, -0.1) is 0 Å². The lowest BCUT2D eigenvalue weighted by Crippen LogP contribution is -2.22. The van der Waals surface area contributed by atoms with Gasteiger partial charge in [0.05, 0.1) is 32.0 Å². The third-order valence-electron chi connectivity index (χ3n) is 3.27. The minimum atomic E-state index is 0.402. The zero-order chi connectivity index (χ0) is 8.67. The van der Waals surface area contributed by atoms with Crippen molar-refractivity contribution in [2.75, 3.05) is 19.8 Å². The topological polar surface area (TPSA) is 31.0 Å². The van der Waals surface area contributed by atoms with Crippen molar-refractivity contribution < 1.29 is 14.2 Å². The molecule has 0 N–H and O–H groups in total. The van der Waals surface area contributed by atoms with Crippen LogP contribution in [0.4, 0.5) is 0 Å². The molecule has 3 nitrogen and oxygen atoms in total. The highest BCUT2D eigenvalue weighted by Gasteiger charge is 2.40. The van der Waals surface area contributed by atoms with Crippen LogP contribution in [0.5, 0.6) is 0 Å².